The molecule has 0 bridgehead atoms. The van der Waals surface area contributed by atoms with Gasteiger partial charge in [0.05, 0.1) is 44.7 Å². The van der Waals surface area contributed by atoms with Crippen LogP contribution in [0.5, 0.6) is 0 Å². The molecule has 3 saturated heterocycles. The molecule has 6 fully saturated rings. The molecule has 4 aliphatic heterocycles. The van der Waals surface area contributed by atoms with E-state index in [-0.39, 0.29) is 54.5 Å². The molecule has 312 valence electrons. The molecule has 7 rings (SSSR count). The van der Waals surface area contributed by atoms with Crippen LogP contribution in [0, 0.1) is 40.4 Å². The van der Waals surface area contributed by atoms with Crippen molar-refractivity contribution in [1.82, 2.24) is 0 Å². The van der Waals surface area contributed by atoms with Crippen LogP contribution in [-0.4, -0.2) is 158 Å². The maximum absolute atomic E-state index is 11.8. The molecule has 3 saturated carbocycles. The molecule has 15 nitrogen and oxygen atoms in total. The molecule has 0 radical (unpaired) electrons. The van der Waals surface area contributed by atoms with Crippen molar-refractivity contribution in [2.45, 2.75) is 165 Å². The van der Waals surface area contributed by atoms with E-state index in [2.05, 4.69) is 26.8 Å². The number of aliphatic hydroxyl groups excluding tert-OH is 9. The Labute approximate surface area is 318 Å². The second-order valence-electron chi connectivity index (χ2n) is 17.7. The minimum atomic E-state index is -1.77. The van der Waals surface area contributed by atoms with E-state index in [1.165, 1.54) is 0 Å². The number of aliphatic hydroxyl groups is 9. The van der Waals surface area contributed by atoms with E-state index in [4.69, 9.17) is 28.4 Å². The number of fused-ring (bicyclic) bond motifs is 5. The Kier molecular flexibility index (Phi) is 13.0. The molecule has 1 spiro atoms. The standard InChI is InChI=1S/C38H62O15.CH4/c1-18-13-36(2)10-8-21-20(27(36)23(42)17-49-38(18)9-4-5-11-48-38)7-6-19-12-24(22(41)14-37(19,21)3)50-34-32(47)30(45)33(26(16-40)52-34)53-35-31(46)29(44)28(43)25(15-39)51-35;/h4,9,18-35,39-47H,5-8,10-17H2,1-3H3;1H4/t18-,19+,20-,21+,22-,23-,24-,25-,26-,27-,28-,29+,30-,31-,32-,33-,34-,35+,36-,37+,38-;/m0./s1. The number of rotatable bonds is 6. The van der Waals surface area contributed by atoms with Crippen molar-refractivity contribution in [2.24, 2.45) is 40.4 Å². The molecule has 3 aliphatic carbocycles. The molecule has 0 unspecified atom stereocenters. The number of hydrogen-bond donors (Lipinski definition) is 9. The second-order valence-corrected chi connectivity index (χ2v) is 17.7. The van der Waals surface area contributed by atoms with Gasteiger partial charge in [-0.1, -0.05) is 34.3 Å². The van der Waals surface area contributed by atoms with Crippen molar-refractivity contribution in [3.05, 3.63) is 12.2 Å². The van der Waals surface area contributed by atoms with Crippen LogP contribution >= 0.6 is 0 Å². The van der Waals surface area contributed by atoms with Gasteiger partial charge in [-0.25, -0.2) is 0 Å². The van der Waals surface area contributed by atoms with Gasteiger partial charge in [-0.2, -0.15) is 0 Å². The minimum absolute atomic E-state index is 0. The highest BCUT2D eigenvalue weighted by Crippen LogP contribution is 2.65. The second kappa shape index (κ2) is 16.4. The zero-order valence-corrected chi connectivity index (χ0v) is 31.0. The van der Waals surface area contributed by atoms with Crippen LogP contribution in [-0.2, 0) is 28.4 Å². The first-order chi connectivity index (χ1) is 25.2. The average Bonchev–Trinajstić information content (AvgIpc) is 3.13. The molecule has 0 aromatic rings. The van der Waals surface area contributed by atoms with Crippen LogP contribution < -0.4 is 0 Å². The molecule has 21 atom stereocenters. The smallest absolute Gasteiger partial charge is 0.190 e. The van der Waals surface area contributed by atoms with Gasteiger partial charge in [0.1, 0.15) is 48.8 Å². The van der Waals surface area contributed by atoms with Crippen LogP contribution in [0.15, 0.2) is 12.2 Å². The van der Waals surface area contributed by atoms with Crippen molar-refractivity contribution in [3.8, 4) is 0 Å². The first kappa shape index (κ1) is 42.7. The fraction of sp³-hybridized carbons (Fsp3) is 0.949. The van der Waals surface area contributed by atoms with Crippen LogP contribution in [0.4, 0.5) is 0 Å². The summed E-state index contributed by atoms with van der Waals surface area (Å²) in [7, 11) is 0. The van der Waals surface area contributed by atoms with Crippen molar-refractivity contribution in [3.63, 3.8) is 0 Å². The predicted molar refractivity (Wildman–Crippen MR) is 190 cm³/mol. The minimum Gasteiger partial charge on any atom is -0.394 e. The van der Waals surface area contributed by atoms with Gasteiger partial charge >= 0.3 is 0 Å². The van der Waals surface area contributed by atoms with E-state index in [0.29, 0.717) is 19.4 Å². The zero-order valence-electron chi connectivity index (χ0n) is 31.0. The summed E-state index contributed by atoms with van der Waals surface area (Å²) in [5.74, 6) is 0.0692. The Bertz CT molecular complexity index is 1290. The molecular weight excluding hydrogens is 708 g/mol. The lowest BCUT2D eigenvalue weighted by atomic mass is 9.43. The van der Waals surface area contributed by atoms with Crippen molar-refractivity contribution in [2.75, 3.05) is 26.4 Å². The Morgan fingerprint density at radius 3 is 2.13 bits per heavy atom. The van der Waals surface area contributed by atoms with E-state index in [0.717, 1.165) is 38.5 Å². The average molecular weight is 775 g/mol. The van der Waals surface area contributed by atoms with Gasteiger partial charge in [0.15, 0.2) is 18.4 Å². The summed E-state index contributed by atoms with van der Waals surface area (Å²) in [4.78, 5) is 0. The molecule has 7 aliphatic rings. The summed E-state index contributed by atoms with van der Waals surface area (Å²) in [6.45, 7) is 6.23. The van der Waals surface area contributed by atoms with Crippen LogP contribution in [0.3, 0.4) is 0 Å². The summed E-state index contributed by atoms with van der Waals surface area (Å²) in [5, 5.41) is 96.2. The molecule has 0 aromatic carbocycles. The molecule has 54 heavy (non-hydrogen) atoms. The third kappa shape index (κ3) is 7.36. The predicted octanol–water partition coefficient (Wildman–Crippen LogP) is -0.0584. The van der Waals surface area contributed by atoms with Crippen molar-refractivity contribution >= 4 is 0 Å². The summed E-state index contributed by atoms with van der Waals surface area (Å²) >= 11 is 0. The van der Waals surface area contributed by atoms with Gasteiger partial charge in [0.25, 0.3) is 0 Å². The molecule has 4 heterocycles. The Morgan fingerprint density at radius 2 is 1.44 bits per heavy atom. The highest BCUT2D eigenvalue weighted by Gasteiger charge is 2.62. The normalized spacial score (nSPS) is 55.0. The summed E-state index contributed by atoms with van der Waals surface area (Å²) in [6, 6.07) is 0. The van der Waals surface area contributed by atoms with Gasteiger partial charge in [0.2, 0.25) is 0 Å². The Balaban J connectivity index is 0.00000497. The summed E-state index contributed by atoms with van der Waals surface area (Å²) in [5.41, 5.74) is -0.325. The quantitative estimate of drug-likeness (QED) is 0.127. The summed E-state index contributed by atoms with van der Waals surface area (Å²) < 4.78 is 35.8. The molecule has 0 aromatic heterocycles. The van der Waals surface area contributed by atoms with E-state index >= 15 is 0 Å². The fourth-order valence-electron chi connectivity index (χ4n) is 11.8. The van der Waals surface area contributed by atoms with Gasteiger partial charge in [0, 0.05) is 5.92 Å². The first-order valence-electron chi connectivity index (χ1n) is 19.7. The SMILES string of the molecule is C.C[C@H]1C[C@]2(C)CC[C@@H]3[C@H](CC[C@@H]4C[C@H](O[C@H]5O[C@@H](CO)[C@H](O[C@H]6O[C@@H](CO)[C@H](O)[C@@H](O)[C@@H]6O)[C@@H](O)[C@@H]5O)[C@@H](O)C[C@]43C)[C@H]2[C@@H](O)CO[C@@]12C=CCCO2. The lowest BCUT2D eigenvalue weighted by Crippen LogP contribution is -2.65. The molecule has 9 N–H and O–H groups in total. The lowest BCUT2D eigenvalue weighted by molar-refractivity contribution is -0.366. The maximum atomic E-state index is 11.8. The third-order valence-corrected chi connectivity index (χ3v) is 14.6. The number of ether oxygens (including phenoxy) is 6. The summed E-state index contributed by atoms with van der Waals surface area (Å²) in [6.07, 6.45) is -7.24. The first-order valence-corrected chi connectivity index (χ1v) is 19.7. The highest BCUT2D eigenvalue weighted by atomic mass is 16.7. The molecular formula is C39H66O15. The topological polar surface area (TPSA) is 237 Å². The van der Waals surface area contributed by atoms with Crippen molar-refractivity contribution in [1.29, 1.82) is 0 Å². The van der Waals surface area contributed by atoms with Crippen LogP contribution in [0.25, 0.3) is 0 Å². The van der Waals surface area contributed by atoms with Gasteiger partial charge in [-0.3, -0.25) is 0 Å². The Morgan fingerprint density at radius 1 is 0.759 bits per heavy atom. The van der Waals surface area contributed by atoms with Crippen LogP contribution in [0.1, 0.15) is 79.6 Å². The van der Waals surface area contributed by atoms with E-state index in [1.54, 1.807) is 0 Å². The lowest BCUT2D eigenvalue weighted by Gasteiger charge is -2.64. The Hall–Kier alpha value is -0.860. The number of hydrogen-bond acceptors (Lipinski definition) is 15. The molecule has 0 amide bonds. The molecule has 15 heteroatoms. The fourth-order valence-corrected chi connectivity index (χ4v) is 11.8. The van der Waals surface area contributed by atoms with E-state index < -0.39 is 98.7 Å². The van der Waals surface area contributed by atoms with Gasteiger partial charge in [-0.15, -0.1) is 0 Å². The monoisotopic (exact) mass is 774 g/mol. The van der Waals surface area contributed by atoms with E-state index in [1.807, 2.05) is 6.08 Å². The van der Waals surface area contributed by atoms with Gasteiger partial charge in [-0.05, 0) is 91.9 Å². The zero-order chi connectivity index (χ0) is 38.0. The maximum Gasteiger partial charge on any atom is 0.190 e. The highest BCUT2D eigenvalue weighted by molar-refractivity contribution is 5.12. The largest absolute Gasteiger partial charge is 0.394 e. The van der Waals surface area contributed by atoms with Crippen molar-refractivity contribution < 1.29 is 74.4 Å². The van der Waals surface area contributed by atoms with Gasteiger partial charge < -0.3 is 74.4 Å². The van der Waals surface area contributed by atoms with Crippen LogP contribution in [0.2, 0.25) is 0 Å². The van der Waals surface area contributed by atoms with E-state index in [9.17, 15) is 46.0 Å². The third-order valence-electron chi connectivity index (χ3n) is 14.6.